The van der Waals surface area contributed by atoms with E-state index in [0.717, 1.165) is 48.8 Å². The van der Waals surface area contributed by atoms with E-state index in [4.69, 9.17) is 18.9 Å². The molecule has 40 heavy (non-hydrogen) atoms. The number of fused-ring (bicyclic) bond motifs is 2. The Bertz CT molecular complexity index is 1230. The maximum atomic E-state index is 13.2. The number of rotatable bonds is 6. The van der Waals surface area contributed by atoms with E-state index in [9.17, 15) is 19.8 Å². The second-order valence-corrected chi connectivity index (χ2v) is 11.6. The van der Waals surface area contributed by atoms with Crippen LogP contribution >= 0.6 is 0 Å². The van der Waals surface area contributed by atoms with E-state index >= 15 is 0 Å². The molecule has 0 spiro atoms. The number of esters is 2. The Labute approximate surface area is 235 Å². The third kappa shape index (κ3) is 6.01. The van der Waals surface area contributed by atoms with Crippen molar-refractivity contribution in [1.29, 1.82) is 0 Å². The second-order valence-electron chi connectivity index (χ2n) is 11.6. The summed E-state index contributed by atoms with van der Waals surface area (Å²) in [5, 5.41) is 20.7. The molecule has 0 radical (unpaired) electrons. The fraction of sp³-hybridized carbons (Fsp3) is 0.562. The van der Waals surface area contributed by atoms with Gasteiger partial charge in [0.2, 0.25) is 0 Å². The molecule has 0 amide bonds. The lowest BCUT2D eigenvalue weighted by atomic mass is 9.66. The summed E-state index contributed by atoms with van der Waals surface area (Å²) in [7, 11) is 3.06. The van der Waals surface area contributed by atoms with E-state index in [1.807, 2.05) is 18.2 Å². The van der Waals surface area contributed by atoms with E-state index in [1.165, 1.54) is 21.1 Å². The number of aromatic hydroxyl groups is 2. The van der Waals surface area contributed by atoms with Crippen LogP contribution in [0.1, 0.15) is 74.5 Å². The van der Waals surface area contributed by atoms with E-state index in [1.54, 1.807) is 12.1 Å². The lowest BCUT2D eigenvalue weighted by Gasteiger charge is -2.43. The summed E-state index contributed by atoms with van der Waals surface area (Å²) in [6.45, 7) is 1.43. The summed E-state index contributed by atoms with van der Waals surface area (Å²) in [5.41, 5.74) is 3.13. The number of benzene rings is 2. The molecule has 3 aliphatic rings. The lowest BCUT2D eigenvalue weighted by Crippen LogP contribution is -2.43. The minimum atomic E-state index is -0.418. The fourth-order valence-electron chi connectivity index (χ4n) is 7.14. The van der Waals surface area contributed by atoms with Crippen molar-refractivity contribution in [3.8, 4) is 23.0 Å². The zero-order valence-electron chi connectivity index (χ0n) is 23.6. The smallest absolute Gasteiger partial charge is 0.309 e. The average molecular weight is 553 g/mol. The molecule has 0 heterocycles. The molecular weight excluding hydrogens is 512 g/mol. The first kappa shape index (κ1) is 28.1. The molecule has 2 aromatic rings. The van der Waals surface area contributed by atoms with Gasteiger partial charge in [-0.1, -0.05) is 18.9 Å². The Morgan fingerprint density at radius 3 is 2.23 bits per heavy atom. The summed E-state index contributed by atoms with van der Waals surface area (Å²) in [5.74, 6) is 0.613. The summed E-state index contributed by atoms with van der Waals surface area (Å²) in [6.07, 6.45) is 6.10. The molecule has 0 aliphatic heterocycles. The van der Waals surface area contributed by atoms with Gasteiger partial charge in [0.1, 0.15) is 12.2 Å². The molecule has 2 saturated carbocycles. The highest BCUT2D eigenvalue weighted by Gasteiger charge is 2.42. The predicted octanol–water partition coefficient (Wildman–Crippen LogP) is 5.45. The van der Waals surface area contributed by atoms with Gasteiger partial charge in [-0.15, -0.1) is 0 Å². The SMILES string of the molecule is COc1cc(C2CC(OC(=O)C3CCCC3)CC(OC(C)=O)C3Cc4cc(OC)c(O)cc4CC3C2)ccc1O. The molecule has 3 aliphatic carbocycles. The normalized spacial score (nSPS) is 26.5. The number of phenols is 2. The molecule has 0 saturated heterocycles. The largest absolute Gasteiger partial charge is 0.504 e. The highest BCUT2D eigenvalue weighted by molar-refractivity contribution is 5.73. The van der Waals surface area contributed by atoms with Crippen LogP contribution in [0.3, 0.4) is 0 Å². The van der Waals surface area contributed by atoms with Crippen LogP contribution in [0.2, 0.25) is 0 Å². The van der Waals surface area contributed by atoms with Gasteiger partial charge in [0.15, 0.2) is 23.0 Å². The van der Waals surface area contributed by atoms with E-state index < -0.39 is 12.2 Å². The molecular formula is C32H40O8. The fourth-order valence-corrected chi connectivity index (χ4v) is 7.14. The van der Waals surface area contributed by atoms with Gasteiger partial charge in [-0.2, -0.15) is 0 Å². The van der Waals surface area contributed by atoms with Gasteiger partial charge in [0, 0.05) is 19.3 Å². The molecule has 8 heteroatoms. The monoisotopic (exact) mass is 552 g/mol. The number of hydrogen-bond donors (Lipinski definition) is 2. The maximum Gasteiger partial charge on any atom is 0.309 e. The zero-order valence-corrected chi connectivity index (χ0v) is 23.6. The van der Waals surface area contributed by atoms with E-state index in [-0.39, 0.29) is 47.1 Å². The highest BCUT2D eigenvalue weighted by Crippen LogP contribution is 2.47. The molecule has 2 fully saturated rings. The molecule has 5 rings (SSSR count). The Kier molecular flexibility index (Phi) is 8.43. The average Bonchev–Trinajstić information content (AvgIpc) is 3.46. The van der Waals surface area contributed by atoms with Crippen LogP contribution in [0.25, 0.3) is 0 Å². The number of ether oxygens (including phenoxy) is 4. The van der Waals surface area contributed by atoms with Gasteiger partial charge >= 0.3 is 11.9 Å². The molecule has 2 aromatic carbocycles. The Morgan fingerprint density at radius 2 is 1.52 bits per heavy atom. The van der Waals surface area contributed by atoms with Crippen molar-refractivity contribution in [2.45, 2.75) is 82.8 Å². The van der Waals surface area contributed by atoms with Crippen molar-refractivity contribution in [3.63, 3.8) is 0 Å². The minimum absolute atomic E-state index is 0.000132. The van der Waals surface area contributed by atoms with Gasteiger partial charge in [0.25, 0.3) is 0 Å². The van der Waals surface area contributed by atoms with Crippen molar-refractivity contribution in [3.05, 3.63) is 47.0 Å². The lowest BCUT2D eigenvalue weighted by molar-refractivity contribution is -0.162. The molecule has 5 unspecified atom stereocenters. The van der Waals surface area contributed by atoms with Crippen LogP contribution in [-0.4, -0.2) is 48.6 Å². The topological polar surface area (TPSA) is 112 Å². The Balaban J connectivity index is 1.51. The molecule has 0 aromatic heterocycles. The van der Waals surface area contributed by atoms with Crippen molar-refractivity contribution < 1.29 is 38.7 Å². The van der Waals surface area contributed by atoms with E-state index in [0.29, 0.717) is 37.2 Å². The predicted molar refractivity (Wildman–Crippen MR) is 148 cm³/mol. The summed E-state index contributed by atoms with van der Waals surface area (Å²) in [4.78, 5) is 25.4. The molecule has 5 atom stereocenters. The van der Waals surface area contributed by atoms with Crippen molar-refractivity contribution >= 4 is 11.9 Å². The van der Waals surface area contributed by atoms with Gasteiger partial charge in [-0.25, -0.2) is 0 Å². The highest BCUT2D eigenvalue weighted by atomic mass is 16.6. The van der Waals surface area contributed by atoms with Gasteiger partial charge in [-0.05, 0) is 91.3 Å². The maximum absolute atomic E-state index is 13.2. The molecule has 8 nitrogen and oxygen atoms in total. The quantitative estimate of drug-likeness (QED) is 0.455. The first-order valence-corrected chi connectivity index (χ1v) is 14.4. The summed E-state index contributed by atoms with van der Waals surface area (Å²) in [6, 6.07) is 9.08. The number of methoxy groups -OCH3 is 2. The van der Waals surface area contributed by atoms with Crippen LogP contribution in [0, 0.1) is 17.8 Å². The van der Waals surface area contributed by atoms with Gasteiger partial charge in [0.05, 0.1) is 20.1 Å². The van der Waals surface area contributed by atoms with Crippen LogP contribution < -0.4 is 9.47 Å². The third-order valence-corrected chi connectivity index (χ3v) is 9.12. The Hall–Kier alpha value is -3.42. The number of phenolic OH excluding ortho intramolecular Hbond substituents is 2. The van der Waals surface area contributed by atoms with Crippen molar-refractivity contribution in [2.75, 3.05) is 14.2 Å². The van der Waals surface area contributed by atoms with Crippen molar-refractivity contribution in [1.82, 2.24) is 0 Å². The van der Waals surface area contributed by atoms with Gasteiger partial charge in [-0.3, -0.25) is 9.59 Å². The standard InChI is InChI=1S/C32H40O8/c1-18(33)39-29-17-25(40-32(36)19-6-4-5-7-19)12-21(20-8-9-27(34)30(15-20)37-2)10-24-11-22-14-28(35)31(38-3)16-23(22)13-26(24)29/h8-9,14-16,19,21,24-26,29,34-35H,4-7,10-13,17H2,1-3H3. The summed E-state index contributed by atoms with van der Waals surface area (Å²) >= 11 is 0. The van der Waals surface area contributed by atoms with Gasteiger partial charge < -0.3 is 29.2 Å². The third-order valence-electron chi connectivity index (χ3n) is 9.12. The number of carbonyl (C=O) groups is 2. The van der Waals surface area contributed by atoms with Crippen LogP contribution in [0.15, 0.2) is 30.3 Å². The minimum Gasteiger partial charge on any atom is -0.504 e. The molecule has 2 N–H and O–H groups in total. The number of carbonyl (C=O) groups excluding carboxylic acids is 2. The van der Waals surface area contributed by atoms with Crippen LogP contribution in [0.5, 0.6) is 23.0 Å². The summed E-state index contributed by atoms with van der Waals surface area (Å²) < 4.78 is 22.9. The Morgan fingerprint density at radius 1 is 0.825 bits per heavy atom. The first-order valence-electron chi connectivity index (χ1n) is 14.4. The van der Waals surface area contributed by atoms with Crippen LogP contribution in [0.4, 0.5) is 0 Å². The van der Waals surface area contributed by atoms with E-state index in [2.05, 4.69) is 0 Å². The number of hydrogen-bond acceptors (Lipinski definition) is 8. The van der Waals surface area contributed by atoms with Crippen LogP contribution in [-0.2, 0) is 31.9 Å². The molecule has 0 bridgehead atoms. The second kappa shape index (κ2) is 12.0. The first-order chi connectivity index (χ1) is 19.2. The zero-order chi connectivity index (χ0) is 28.4. The molecule has 216 valence electrons. The van der Waals surface area contributed by atoms with Crippen molar-refractivity contribution in [2.24, 2.45) is 17.8 Å².